The zero-order valence-corrected chi connectivity index (χ0v) is 13.1. The molecule has 1 aromatic heterocycles. The first-order valence-electron chi connectivity index (χ1n) is 5.56. The maximum Gasteiger partial charge on any atom is 0.328 e. The molecule has 7 heteroatoms. The molecule has 0 radical (unpaired) electrons. The van der Waals surface area contributed by atoms with Crippen LogP contribution in [0.5, 0.6) is 0 Å². The lowest BCUT2D eigenvalue weighted by molar-refractivity contribution is -0.144. The van der Waals surface area contributed by atoms with Gasteiger partial charge in [0.1, 0.15) is 11.2 Å². The summed E-state index contributed by atoms with van der Waals surface area (Å²) in [6.07, 6.45) is 1.49. The molecule has 1 amide bonds. The van der Waals surface area contributed by atoms with Crippen LogP contribution >= 0.6 is 27.5 Å². The summed E-state index contributed by atoms with van der Waals surface area (Å²) in [7, 11) is 1.28. The fourth-order valence-electron chi connectivity index (χ4n) is 1.43. The maximum atomic E-state index is 12.1. The minimum Gasteiger partial charge on any atom is -0.467 e. The normalized spacial score (nSPS) is 12.1. The summed E-state index contributed by atoms with van der Waals surface area (Å²) in [5, 5.41) is 2.67. The van der Waals surface area contributed by atoms with Crippen LogP contribution in [-0.2, 0) is 9.53 Å². The first-order valence-corrected chi connectivity index (χ1v) is 6.73. The third-order valence-corrected chi connectivity index (χ3v) is 3.19. The highest BCUT2D eigenvalue weighted by atomic mass is 79.9. The summed E-state index contributed by atoms with van der Waals surface area (Å²) in [5.74, 6) is -1.07. The molecule has 0 fully saturated rings. The molecule has 0 saturated carbocycles. The Morgan fingerprint density at radius 1 is 1.47 bits per heavy atom. The van der Waals surface area contributed by atoms with Crippen molar-refractivity contribution in [2.24, 2.45) is 5.92 Å². The number of hydrogen-bond donors (Lipinski definition) is 1. The van der Waals surface area contributed by atoms with Crippen LogP contribution in [-0.4, -0.2) is 30.0 Å². The molecule has 0 aliphatic heterocycles. The quantitative estimate of drug-likeness (QED) is 0.669. The van der Waals surface area contributed by atoms with E-state index in [1.165, 1.54) is 13.3 Å². The van der Waals surface area contributed by atoms with Gasteiger partial charge >= 0.3 is 5.97 Å². The predicted octanol–water partition coefficient (Wildman–Crippen LogP) is 2.42. The third-order valence-electron chi connectivity index (χ3n) is 2.46. The molecule has 1 aromatic rings. The molecular weight excluding hydrogens is 336 g/mol. The molecule has 0 saturated heterocycles. The van der Waals surface area contributed by atoms with E-state index in [4.69, 9.17) is 11.6 Å². The third kappa shape index (κ3) is 4.18. The topological polar surface area (TPSA) is 68.3 Å². The van der Waals surface area contributed by atoms with Crippen LogP contribution in [0.1, 0.15) is 24.2 Å². The van der Waals surface area contributed by atoms with E-state index in [0.29, 0.717) is 4.47 Å². The van der Waals surface area contributed by atoms with Crippen molar-refractivity contribution >= 4 is 39.4 Å². The Hall–Kier alpha value is -1.14. The summed E-state index contributed by atoms with van der Waals surface area (Å²) in [6.45, 7) is 3.62. The molecule has 0 spiro atoms. The van der Waals surface area contributed by atoms with Crippen LogP contribution < -0.4 is 5.32 Å². The van der Waals surface area contributed by atoms with Crippen LogP contribution in [0.2, 0.25) is 5.15 Å². The molecule has 19 heavy (non-hydrogen) atoms. The molecule has 1 atom stereocenters. The van der Waals surface area contributed by atoms with Gasteiger partial charge in [0.25, 0.3) is 5.91 Å². The van der Waals surface area contributed by atoms with E-state index in [0.717, 1.165) is 0 Å². The van der Waals surface area contributed by atoms with Crippen molar-refractivity contribution < 1.29 is 14.3 Å². The van der Waals surface area contributed by atoms with Gasteiger partial charge in [0.15, 0.2) is 0 Å². The predicted molar refractivity (Wildman–Crippen MR) is 75.1 cm³/mol. The number of amides is 1. The number of ether oxygens (including phenoxy) is 1. The summed E-state index contributed by atoms with van der Waals surface area (Å²) < 4.78 is 5.28. The lowest BCUT2D eigenvalue weighted by Gasteiger charge is -2.19. The number of nitrogens with one attached hydrogen (secondary N) is 1. The molecule has 104 valence electrons. The Kier molecular flexibility index (Phi) is 5.75. The van der Waals surface area contributed by atoms with E-state index < -0.39 is 17.9 Å². The molecular formula is C12H14BrClN2O3. The number of esters is 1. The lowest BCUT2D eigenvalue weighted by atomic mass is 10.0. The van der Waals surface area contributed by atoms with Crippen molar-refractivity contribution in [2.75, 3.05) is 7.11 Å². The second-order valence-corrected chi connectivity index (χ2v) is 5.48. The van der Waals surface area contributed by atoms with E-state index >= 15 is 0 Å². The van der Waals surface area contributed by atoms with Gasteiger partial charge in [-0.05, 0) is 27.9 Å². The Bertz CT molecular complexity index is 494. The number of methoxy groups -OCH3 is 1. The van der Waals surface area contributed by atoms with Gasteiger partial charge in [-0.2, -0.15) is 0 Å². The Morgan fingerprint density at radius 2 is 2.11 bits per heavy atom. The second kappa shape index (κ2) is 6.86. The number of rotatable bonds is 4. The standard InChI is InChI=1S/C12H14BrClN2O3/c1-6(2)9(12(18)19-3)16-11(17)8-4-7(13)5-15-10(8)14/h4-6,9H,1-3H3,(H,16,17)/t9-/m0/s1. The van der Waals surface area contributed by atoms with Crippen molar-refractivity contribution in [3.63, 3.8) is 0 Å². The Morgan fingerprint density at radius 3 is 2.63 bits per heavy atom. The highest BCUT2D eigenvalue weighted by Gasteiger charge is 2.26. The zero-order valence-electron chi connectivity index (χ0n) is 10.7. The van der Waals surface area contributed by atoms with Crippen LogP contribution in [0.3, 0.4) is 0 Å². The lowest BCUT2D eigenvalue weighted by Crippen LogP contribution is -2.45. The summed E-state index contributed by atoms with van der Waals surface area (Å²) >= 11 is 9.07. The van der Waals surface area contributed by atoms with Crippen LogP contribution in [0.25, 0.3) is 0 Å². The van der Waals surface area contributed by atoms with Crippen LogP contribution in [0.15, 0.2) is 16.7 Å². The zero-order chi connectivity index (χ0) is 14.6. The van der Waals surface area contributed by atoms with E-state index in [-0.39, 0.29) is 16.6 Å². The van der Waals surface area contributed by atoms with Gasteiger partial charge in [-0.3, -0.25) is 4.79 Å². The number of nitrogens with zero attached hydrogens (tertiary/aromatic N) is 1. The van der Waals surface area contributed by atoms with E-state index in [2.05, 4.69) is 31.0 Å². The highest BCUT2D eigenvalue weighted by Crippen LogP contribution is 2.18. The molecule has 0 aliphatic carbocycles. The number of halogens is 2. The van der Waals surface area contributed by atoms with Gasteiger partial charge in [0.2, 0.25) is 0 Å². The average Bonchev–Trinajstić information content (AvgIpc) is 2.37. The minimum absolute atomic E-state index is 0.0769. The number of hydrogen-bond acceptors (Lipinski definition) is 4. The number of carbonyl (C=O) groups excluding carboxylic acids is 2. The first-order chi connectivity index (χ1) is 8.86. The monoisotopic (exact) mass is 348 g/mol. The van der Waals surface area contributed by atoms with Crippen molar-refractivity contribution in [2.45, 2.75) is 19.9 Å². The van der Waals surface area contributed by atoms with Crippen molar-refractivity contribution in [1.82, 2.24) is 10.3 Å². The number of carbonyl (C=O) groups is 2. The van der Waals surface area contributed by atoms with Gasteiger partial charge in [0, 0.05) is 10.7 Å². The van der Waals surface area contributed by atoms with Gasteiger partial charge in [0.05, 0.1) is 12.7 Å². The second-order valence-electron chi connectivity index (χ2n) is 4.21. The fourth-order valence-corrected chi connectivity index (χ4v) is 1.95. The van der Waals surface area contributed by atoms with Crippen molar-refractivity contribution in [1.29, 1.82) is 0 Å². The van der Waals surface area contributed by atoms with E-state index in [1.54, 1.807) is 6.07 Å². The smallest absolute Gasteiger partial charge is 0.328 e. The van der Waals surface area contributed by atoms with Crippen molar-refractivity contribution in [3.05, 3.63) is 27.5 Å². The molecule has 1 rings (SSSR count). The minimum atomic E-state index is -0.729. The van der Waals surface area contributed by atoms with Crippen LogP contribution in [0.4, 0.5) is 0 Å². The van der Waals surface area contributed by atoms with E-state index in [9.17, 15) is 9.59 Å². The molecule has 1 heterocycles. The molecule has 0 aromatic carbocycles. The summed E-state index contributed by atoms with van der Waals surface area (Å²) in [6, 6.07) is 0.812. The molecule has 0 unspecified atom stereocenters. The SMILES string of the molecule is COC(=O)[C@@H](NC(=O)c1cc(Br)cnc1Cl)C(C)C. The van der Waals surface area contributed by atoms with Gasteiger partial charge in [-0.25, -0.2) is 9.78 Å². The molecule has 0 aliphatic rings. The average molecular weight is 350 g/mol. The van der Waals surface area contributed by atoms with Crippen molar-refractivity contribution in [3.8, 4) is 0 Å². The number of pyridine rings is 1. The van der Waals surface area contributed by atoms with E-state index in [1.807, 2.05) is 13.8 Å². The Balaban J connectivity index is 2.94. The van der Waals surface area contributed by atoms with Gasteiger partial charge in [-0.15, -0.1) is 0 Å². The van der Waals surface area contributed by atoms with Gasteiger partial charge < -0.3 is 10.1 Å². The molecule has 0 bridgehead atoms. The summed E-state index contributed by atoms with van der Waals surface area (Å²) in [4.78, 5) is 27.5. The van der Waals surface area contributed by atoms with Crippen LogP contribution in [0, 0.1) is 5.92 Å². The van der Waals surface area contributed by atoms with Gasteiger partial charge in [-0.1, -0.05) is 25.4 Å². The molecule has 5 nitrogen and oxygen atoms in total. The highest BCUT2D eigenvalue weighted by molar-refractivity contribution is 9.10. The maximum absolute atomic E-state index is 12.1. The summed E-state index contributed by atoms with van der Waals surface area (Å²) in [5.41, 5.74) is 0.200. The fraction of sp³-hybridized carbons (Fsp3) is 0.417. The number of aromatic nitrogens is 1. The molecule has 1 N–H and O–H groups in total. The first kappa shape index (κ1) is 15.9. The largest absolute Gasteiger partial charge is 0.467 e. The Labute approximate surface area is 124 Å².